The van der Waals surface area contributed by atoms with E-state index < -0.39 is 5.41 Å². The lowest BCUT2D eigenvalue weighted by Gasteiger charge is -2.18. The van der Waals surface area contributed by atoms with Crippen molar-refractivity contribution >= 4 is 17.5 Å². The number of hydrogen-bond acceptors (Lipinski definition) is 4. The maximum Gasteiger partial charge on any atom is 0.230 e. The lowest BCUT2D eigenvalue weighted by molar-refractivity contribution is -0.123. The molecule has 2 aromatic carbocycles. The Morgan fingerprint density at radius 3 is 2.72 bits per heavy atom. The highest BCUT2D eigenvalue weighted by atomic mass is 35.5. The van der Waals surface area contributed by atoms with Crippen LogP contribution in [0.2, 0.25) is 5.02 Å². The van der Waals surface area contributed by atoms with Crippen molar-refractivity contribution in [3.05, 3.63) is 77.2 Å². The number of amides is 1. The van der Waals surface area contributed by atoms with Crippen molar-refractivity contribution in [2.75, 3.05) is 6.54 Å². The minimum Gasteiger partial charge on any atom is -0.488 e. The quantitative estimate of drug-likeness (QED) is 0.698. The molecule has 1 aliphatic heterocycles. The van der Waals surface area contributed by atoms with Gasteiger partial charge in [0.05, 0.1) is 23.9 Å². The Labute approximate surface area is 174 Å². The maximum atomic E-state index is 12.9. The zero-order chi connectivity index (χ0) is 19.8. The van der Waals surface area contributed by atoms with Gasteiger partial charge in [0.15, 0.2) is 0 Å². The molecule has 1 aliphatic carbocycles. The van der Waals surface area contributed by atoms with Crippen LogP contribution in [0.15, 0.2) is 61.1 Å². The van der Waals surface area contributed by atoms with Crippen molar-refractivity contribution in [3.8, 4) is 17.0 Å². The molecular weight excluding hydrogens is 386 g/mol. The molecule has 1 saturated carbocycles. The van der Waals surface area contributed by atoms with Crippen molar-refractivity contribution in [2.45, 2.75) is 30.8 Å². The zero-order valence-corrected chi connectivity index (χ0v) is 16.5. The minimum atomic E-state index is -0.408. The summed E-state index contributed by atoms with van der Waals surface area (Å²) in [4.78, 5) is 21.3. The van der Waals surface area contributed by atoms with Crippen LogP contribution in [0.4, 0.5) is 0 Å². The van der Waals surface area contributed by atoms with Gasteiger partial charge in [0, 0.05) is 29.4 Å². The number of nitrogens with one attached hydrogen (secondary N) is 1. The number of hydrogen-bond donors (Lipinski definition) is 1. The number of aromatic nitrogens is 2. The lowest BCUT2D eigenvalue weighted by atomic mass is 9.95. The average molecular weight is 406 g/mol. The first kappa shape index (κ1) is 18.1. The molecule has 2 aliphatic rings. The van der Waals surface area contributed by atoms with E-state index in [9.17, 15) is 4.79 Å². The van der Waals surface area contributed by atoms with Gasteiger partial charge in [-0.2, -0.15) is 0 Å². The second-order valence-electron chi connectivity index (χ2n) is 7.66. The molecule has 3 aromatic rings. The fourth-order valence-corrected chi connectivity index (χ4v) is 4.08. The second kappa shape index (κ2) is 7.16. The first-order valence-electron chi connectivity index (χ1n) is 9.74. The van der Waals surface area contributed by atoms with Crippen molar-refractivity contribution < 1.29 is 9.53 Å². The fraction of sp³-hybridized carbons (Fsp3) is 0.261. The Hall–Kier alpha value is -2.92. The standard InChI is InChI=1S/C23H20ClN3O2/c24-18-4-2-17(3-5-18)23(7-8-23)22(28)27-13-19-12-16-11-15(1-6-21(16)29-19)20-14-25-9-10-26-20/h1-6,9-11,14,19H,7-8,12-13H2,(H,27,28). The van der Waals surface area contributed by atoms with Gasteiger partial charge < -0.3 is 10.1 Å². The SMILES string of the molecule is O=C(NCC1Cc2cc(-c3cnccn3)ccc2O1)C1(c2ccc(Cl)cc2)CC1. The Morgan fingerprint density at radius 2 is 2.00 bits per heavy atom. The molecular formula is C23H20ClN3O2. The number of fused-ring (bicyclic) bond motifs is 1. The molecule has 0 saturated heterocycles. The van der Waals surface area contributed by atoms with Crippen LogP contribution >= 0.6 is 11.6 Å². The van der Waals surface area contributed by atoms with Gasteiger partial charge in [-0.05, 0) is 54.3 Å². The monoisotopic (exact) mass is 405 g/mol. The van der Waals surface area contributed by atoms with Crippen LogP contribution in [-0.2, 0) is 16.6 Å². The van der Waals surface area contributed by atoms with Gasteiger partial charge in [-0.3, -0.25) is 14.8 Å². The summed E-state index contributed by atoms with van der Waals surface area (Å²) >= 11 is 5.98. The predicted molar refractivity (Wildman–Crippen MR) is 111 cm³/mol. The highest BCUT2D eigenvalue weighted by Crippen LogP contribution is 2.48. The van der Waals surface area contributed by atoms with Gasteiger partial charge in [0.2, 0.25) is 5.91 Å². The first-order valence-corrected chi connectivity index (χ1v) is 10.1. The molecule has 1 atom stereocenters. The van der Waals surface area contributed by atoms with Crippen LogP contribution in [0.5, 0.6) is 5.75 Å². The van der Waals surface area contributed by atoms with E-state index in [1.165, 1.54) is 0 Å². The summed E-state index contributed by atoms with van der Waals surface area (Å²) < 4.78 is 6.03. The van der Waals surface area contributed by atoms with Crippen molar-refractivity contribution in [2.24, 2.45) is 0 Å². The average Bonchev–Trinajstić information content (AvgIpc) is 3.46. The summed E-state index contributed by atoms with van der Waals surface area (Å²) in [7, 11) is 0. The van der Waals surface area contributed by atoms with Crippen LogP contribution in [-0.4, -0.2) is 28.5 Å². The van der Waals surface area contributed by atoms with Crippen LogP contribution < -0.4 is 10.1 Å². The van der Waals surface area contributed by atoms with Gasteiger partial charge in [0.25, 0.3) is 0 Å². The van der Waals surface area contributed by atoms with E-state index in [-0.39, 0.29) is 12.0 Å². The van der Waals surface area contributed by atoms with E-state index in [1.807, 2.05) is 36.4 Å². The maximum absolute atomic E-state index is 12.9. The molecule has 5 nitrogen and oxygen atoms in total. The fourth-order valence-electron chi connectivity index (χ4n) is 3.96. The smallest absolute Gasteiger partial charge is 0.230 e. The van der Waals surface area contributed by atoms with Crippen LogP contribution in [0.25, 0.3) is 11.3 Å². The van der Waals surface area contributed by atoms with Crippen molar-refractivity contribution in [1.29, 1.82) is 0 Å². The molecule has 0 bridgehead atoms. The highest BCUT2D eigenvalue weighted by molar-refractivity contribution is 6.30. The van der Waals surface area contributed by atoms with E-state index in [0.717, 1.165) is 47.4 Å². The van der Waals surface area contributed by atoms with Crippen LogP contribution in [0.3, 0.4) is 0 Å². The Bertz CT molecular complexity index is 1050. The third kappa shape index (κ3) is 3.47. The van der Waals surface area contributed by atoms with Gasteiger partial charge in [-0.15, -0.1) is 0 Å². The van der Waals surface area contributed by atoms with Gasteiger partial charge >= 0.3 is 0 Å². The largest absolute Gasteiger partial charge is 0.488 e. The molecule has 1 fully saturated rings. The molecule has 1 amide bonds. The summed E-state index contributed by atoms with van der Waals surface area (Å²) in [6.45, 7) is 0.489. The zero-order valence-electron chi connectivity index (χ0n) is 15.8. The van der Waals surface area contributed by atoms with Gasteiger partial charge in [-0.25, -0.2) is 0 Å². The van der Waals surface area contributed by atoms with E-state index in [0.29, 0.717) is 11.6 Å². The normalized spacial score (nSPS) is 18.6. The van der Waals surface area contributed by atoms with E-state index >= 15 is 0 Å². The highest BCUT2D eigenvalue weighted by Gasteiger charge is 2.51. The number of rotatable bonds is 5. The number of carbonyl (C=O) groups is 1. The molecule has 0 radical (unpaired) electrons. The Balaban J connectivity index is 1.23. The number of benzene rings is 2. The molecule has 5 rings (SSSR count). The summed E-state index contributed by atoms with van der Waals surface area (Å²) in [6, 6.07) is 13.6. The topological polar surface area (TPSA) is 64.1 Å². The third-order valence-corrected chi connectivity index (χ3v) is 5.98. The minimum absolute atomic E-state index is 0.0629. The number of halogens is 1. The second-order valence-corrected chi connectivity index (χ2v) is 8.09. The number of nitrogens with zero attached hydrogens (tertiary/aromatic N) is 2. The number of ether oxygens (including phenoxy) is 1. The third-order valence-electron chi connectivity index (χ3n) is 5.73. The number of carbonyl (C=O) groups excluding carboxylic acids is 1. The summed E-state index contributed by atoms with van der Waals surface area (Å²) in [5.74, 6) is 0.940. The predicted octanol–water partition coefficient (Wildman–Crippen LogP) is 3.95. The van der Waals surface area contributed by atoms with Gasteiger partial charge in [0.1, 0.15) is 11.9 Å². The Morgan fingerprint density at radius 1 is 1.17 bits per heavy atom. The molecule has 0 spiro atoms. The van der Waals surface area contributed by atoms with Gasteiger partial charge in [-0.1, -0.05) is 23.7 Å². The van der Waals surface area contributed by atoms with Crippen LogP contribution in [0.1, 0.15) is 24.0 Å². The summed E-state index contributed by atoms with van der Waals surface area (Å²) in [5.41, 5.74) is 3.61. The van der Waals surface area contributed by atoms with Crippen molar-refractivity contribution in [1.82, 2.24) is 15.3 Å². The summed E-state index contributed by atoms with van der Waals surface area (Å²) in [6.07, 6.45) is 7.54. The van der Waals surface area contributed by atoms with Crippen molar-refractivity contribution in [3.63, 3.8) is 0 Å². The molecule has 2 heterocycles. The van der Waals surface area contributed by atoms with E-state index in [2.05, 4.69) is 21.4 Å². The molecule has 6 heteroatoms. The first-order chi connectivity index (χ1) is 14.1. The summed E-state index contributed by atoms with van der Waals surface area (Å²) in [5, 5.41) is 3.79. The Kier molecular flexibility index (Phi) is 4.47. The molecule has 1 aromatic heterocycles. The van der Waals surface area contributed by atoms with E-state index in [1.54, 1.807) is 18.6 Å². The molecule has 146 valence electrons. The molecule has 1 unspecified atom stereocenters. The van der Waals surface area contributed by atoms with Crippen LogP contribution in [0, 0.1) is 0 Å². The van der Waals surface area contributed by atoms with E-state index in [4.69, 9.17) is 16.3 Å². The molecule has 1 N–H and O–H groups in total. The molecule has 29 heavy (non-hydrogen) atoms. The lowest BCUT2D eigenvalue weighted by Crippen LogP contribution is -2.40.